The smallest absolute Gasteiger partial charge is 0.325 e. The summed E-state index contributed by atoms with van der Waals surface area (Å²) in [5.41, 5.74) is 1.85. The van der Waals surface area contributed by atoms with E-state index in [4.69, 9.17) is 16.3 Å². The molecule has 1 N–H and O–H groups in total. The Morgan fingerprint density at radius 2 is 2.12 bits per heavy atom. The maximum Gasteiger partial charge on any atom is 0.325 e. The van der Waals surface area contributed by atoms with Crippen molar-refractivity contribution in [1.29, 1.82) is 0 Å². The maximum absolute atomic E-state index is 12.0. The molecule has 0 unspecified atom stereocenters. The summed E-state index contributed by atoms with van der Waals surface area (Å²) in [4.78, 5) is 28.1. The molecule has 0 bridgehead atoms. The van der Waals surface area contributed by atoms with Crippen molar-refractivity contribution >= 4 is 40.9 Å². The third kappa shape index (κ3) is 5.97. The highest BCUT2D eigenvalue weighted by molar-refractivity contribution is 7.13. The second-order valence-electron chi connectivity index (χ2n) is 6.62. The first-order valence-corrected chi connectivity index (χ1v) is 9.29. The lowest BCUT2D eigenvalue weighted by atomic mass is 10.1. The number of esters is 1. The molecule has 1 aromatic heterocycles. The molecular weight excluding hydrogens is 372 g/mol. The van der Waals surface area contributed by atoms with Gasteiger partial charge >= 0.3 is 5.97 Å². The summed E-state index contributed by atoms with van der Waals surface area (Å²) in [5.74, 6) is -0.755. The number of hydrogen-bond donors (Lipinski definition) is 1. The molecule has 1 heterocycles. The minimum absolute atomic E-state index is 0.0936. The van der Waals surface area contributed by atoms with Crippen LogP contribution >= 0.6 is 22.9 Å². The molecule has 2 aromatic rings. The number of rotatable bonds is 6. The minimum Gasteiger partial charge on any atom is -0.459 e. The van der Waals surface area contributed by atoms with Gasteiger partial charge in [-0.05, 0) is 44.5 Å². The van der Waals surface area contributed by atoms with Crippen LogP contribution in [0.4, 0.5) is 0 Å². The maximum atomic E-state index is 12.0. The van der Waals surface area contributed by atoms with Gasteiger partial charge in [0.1, 0.15) is 17.2 Å². The topological polar surface area (TPSA) is 68.3 Å². The first kappa shape index (κ1) is 20.1. The second-order valence-corrected chi connectivity index (χ2v) is 7.91. The number of benzene rings is 1. The fourth-order valence-corrected chi connectivity index (χ4v) is 3.23. The normalized spacial score (nSPS) is 11.1. The fraction of sp³-hybridized carbons (Fsp3) is 0.316. The Hall–Kier alpha value is -2.18. The Labute approximate surface area is 162 Å². The summed E-state index contributed by atoms with van der Waals surface area (Å²) in [5, 5.41) is 5.78. The number of hydrogen-bond acceptors (Lipinski definition) is 5. The van der Waals surface area contributed by atoms with Crippen LogP contribution < -0.4 is 5.32 Å². The van der Waals surface area contributed by atoms with Crippen LogP contribution in [0.15, 0.2) is 30.2 Å². The van der Waals surface area contributed by atoms with Gasteiger partial charge in [0, 0.05) is 16.0 Å². The highest BCUT2D eigenvalue weighted by Gasteiger charge is 2.17. The van der Waals surface area contributed by atoms with Gasteiger partial charge < -0.3 is 10.1 Å². The van der Waals surface area contributed by atoms with Crippen molar-refractivity contribution in [3.05, 3.63) is 46.4 Å². The molecule has 0 aliphatic carbocycles. The molecule has 5 nitrogen and oxygen atoms in total. The van der Waals surface area contributed by atoms with E-state index >= 15 is 0 Å². The number of ether oxygens (including phenoxy) is 1. The van der Waals surface area contributed by atoms with Crippen LogP contribution in [0.25, 0.3) is 16.6 Å². The first-order valence-electron chi connectivity index (χ1n) is 8.03. The molecule has 2 rings (SSSR count). The molecule has 138 valence electrons. The number of halogens is 1. The van der Waals surface area contributed by atoms with Crippen molar-refractivity contribution in [1.82, 2.24) is 10.3 Å². The largest absolute Gasteiger partial charge is 0.459 e. The Bertz CT molecular complexity index is 824. The molecule has 1 aromatic carbocycles. The fourth-order valence-electron chi connectivity index (χ4n) is 2.18. The van der Waals surface area contributed by atoms with E-state index in [1.54, 1.807) is 32.9 Å². The number of amides is 1. The van der Waals surface area contributed by atoms with Crippen LogP contribution in [0.2, 0.25) is 5.02 Å². The number of thiazole rings is 1. The van der Waals surface area contributed by atoms with Gasteiger partial charge in [-0.2, -0.15) is 0 Å². The third-order valence-electron chi connectivity index (χ3n) is 3.21. The van der Waals surface area contributed by atoms with Crippen LogP contribution in [0.5, 0.6) is 0 Å². The predicted molar refractivity (Wildman–Crippen MR) is 105 cm³/mol. The Morgan fingerprint density at radius 3 is 2.77 bits per heavy atom. The Kier molecular flexibility index (Phi) is 6.56. The zero-order chi connectivity index (χ0) is 19.3. The van der Waals surface area contributed by atoms with Crippen molar-refractivity contribution in [2.75, 3.05) is 6.54 Å². The third-order valence-corrected chi connectivity index (χ3v) is 4.37. The summed E-state index contributed by atoms with van der Waals surface area (Å²) in [6, 6.07) is 5.49. The lowest BCUT2D eigenvalue weighted by Gasteiger charge is -2.19. The monoisotopic (exact) mass is 392 g/mol. The molecule has 0 saturated carbocycles. The lowest BCUT2D eigenvalue weighted by Crippen LogP contribution is -2.35. The van der Waals surface area contributed by atoms with Crippen molar-refractivity contribution in [3.8, 4) is 10.6 Å². The molecule has 26 heavy (non-hydrogen) atoms. The lowest BCUT2D eigenvalue weighted by molar-refractivity contribution is -0.154. The standard InChI is InChI=1S/C19H21ClN2O3S/c1-5-12-8-13(20)6-7-15(12)18-22-14(11-26-18)9-16(23)21-10-17(24)25-19(2,3)4/h5-8,11H,1,9-10H2,2-4H3,(H,21,23). The van der Waals surface area contributed by atoms with Crippen LogP contribution in [0, 0.1) is 0 Å². The van der Waals surface area contributed by atoms with Gasteiger partial charge in [-0.1, -0.05) is 24.3 Å². The first-order chi connectivity index (χ1) is 12.2. The second kappa shape index (κ2) is 8.47. The molecule has 0 aliphatic rings. The summed E-state index contributed by atoms with van der Waals surface area (Å²) < 4.78 is 5.15. The predicted octanol–water partition coefficient (Wildman–Crippen LogP) is 4.11. The Balaban J connectivity index is 1.97. The van der Waals surface area contributed by atoms with Crippen LogP contribution in [0.3, 0.4) is 0 Å². The SMILES string of the molecule is C=Cc1cc(Cl)ccc1-c1nc(CC(=O)NCC(=O)OC(C)(C)C)cs1. The van der Waals surface area contributed by atoms with E-state index in [0.29, 0.717) is 10.7 Å². The van der Waals surface area contributed by atoms with Gasteiger partial charge in [0.25, 0.3) is 0 Å². The zero-order valence-corrected chi connectivity index (χ0v) is 16.5. The van der Waals surface area contributed by atoms with Gasteiger partial charge in [0.2, 0.25) is 5.91 Å². The molecule has 1 amide bonds. The summed E-state index contributed by atoms with van der Waals surface area (Å²) in [6.45, 7) is 8.95. The zero-order valence-electron chi connectivity index (χ0n) is 15.0. The molecule has 0 fully saturated rings. The van der Waals surface area contributed by atoms with Crippen LogP contribution in [0.1, 0.15) is 32.0 Å². The van der Waals surface area contributed by atoms with Crippen molar-refractivity contribution in [3.63, 3.8) is 0 Å². The minimum atomic E-state index is -0.576. The van der Waals surface area contributed by atoms with E-state index < -0.39 is 11.6 Å². The highest BCUT2D eigenvalue weighted by atomic mass is 35.5. The van der Waals surface area contributed by atoms with E-state index in [9.17, 15) is 9.59 Å². The van der Waals surface area contributed by atoms with E-state index in [2.05, 4.69) is 16.9 Å². The van der Waals surface area contributed by atoms with Crippen LogP contribution in [-0.2, 0) is 20.7 Å². The number of carbonyl (C=O) groups is 2. The van der Waals surface area contributed by atoms with E-state index in [1.807, 2.05) is 17.5 Å². The average molecular weight is 393 g/mol. The molecule has 0 saturated heterocycles. The molecule has 0 aliphatic heterocycles. The summed E-state index contributed by atoms with van der Waals surface area (Å²) >= 11 is 7.44. The highest BCUT2D eigenvalue weighted by Crippen LogP contribution is 2.30. The Morgan fingerprint density at radius 1 is 1.38 bits per heavy atom. The molecule has 0 radical (unpaired) electrons. The van der Waals surface area contributed by atoms with E-state index in [-0.39, 0.29) is 18.9 Å². The number of carbonyl (C=O) groups excluding carboxylic acids is 2. The number of aromatic nitrogens is 1. The van der Waals surface area contributed by atoms with Gasteiger partial charge in [-0.15, -0.1) is 11.3 Å². The molecule has 0 atom stereocenters. The van der Waals surface area contributed by atoms with Gasteiger partial charge in [0.05, 0.1) is 12.1 Å². The van der Waals surface area contributed by atoms with Crippen LogP contribution in [-0.4, -0.2) is 29.0 Å². The van der Waals surface area contributed by atoms with E-state index in [1.165, 1.54) is 11.3 Å². The molecular formula is C19H21ClN2O3S. The number of nitrogens with one attached hydrogen (secondary N) is 1. The van der Waals surface area contributed by atoms with E-state index in [0.717, 1.165) is 16.1 Å². The number of nitrogens with zero attached hydrogens (tertiary/aromatic N) is 1. The van der Waals surface area contributed by atoms with Gasteiger partial charge in [0.15, 0.2) is 0 Å². The quantitative estimate of drug-likeness (QED) is 0.751. The van der Waals surface area contributed by atoms with Crippen molar-refractivity contribution in [2.24, 2.45) is 0 Å². The van der Waals surface area contributed by atoms with Gasteiger partial charge in [-0.3, -0.25) is 9.59 Å². The summed E-state index contributed by atoms with van der Waals surface area (Å²) in [6.07, 6.45) is 1.81. The van der Waals surface area contributed by atoms with Gasteiger partial charge in [-0.25, -0.2) is 4.98 Å². The molecule has 0 spiro atoms. The van der Waals surface area contributed by atoms with Crippen molar-refractivity contribution in [2.45, 2.75) is 32.8 Å². The molecule has 7 heteroatoms. The summed E-state index contributed by atoms with van der Waals surface area (Å²) in [7, 11) is 0. The average Bonchev–Trinajstić information content (AvgIpc) is 2.99. The van der Waals surface area contributed by atoms with Crippen molar-refractivity contribution < 1.29 is 14.3 Å².